The average molecular weight is 349 g/mol. The molecule has 3 rings (SSSR count). The highest BCUT2D eigenvalue weighted by atomic mass is 19.1. The van der Waals surface area contributed by atoms with Crippen LogP contribution in [0.25, 0.3) is 0 Å². The van der Waals surface area contributed by atoms with Crippen molar-refractivity contribution in [3.8, 4) is 5.75 Å². The maximum absolute atomic E-state index is 13.1. The van der Waals surface area contributed by atoms with Crippen LogP contribution in [0.15, 0.2) is 54.6 Å². The van der Waals surface area contributed by atoms with Crippen molar-refractivity contribution in [1.29, 1.82) is 0 Å². The van der Waals surface area contributed by atoms with Crippen molar-refractivity contribution in [2.45, 2.75) is 26.7 Å². The molecule has 0 saturated carbocycles. The second kappa shape index (κ2) is 7.61. The van der Waals surface area contributed by atoms with Crippen molar-refractivity contribution in [3.63, 3.8) is 0 Å². The Hall–Kier alpha value is -2.81. The first-order chi connectivity index (χ1) is 12.5. The van der Waals surface area contributed by atoms with E-state index in [0.717, 1.165) is 28.8 Å². The molecule has 2 nitrogen and oxygen atoms in total. The first-order valence-corrected chi connectivity index (χ1v) is 8.79. The molecule has 3 heteroatoms. The normalized spacial score (nSPS) is 10.8. The van der Waals surface area contributed by atoms with Gasteiger partial charge in [-0.15, -0.1) is 0 Å². The van der Waals surface area contributed by atoms with E-state index >= 15 is 0 Å². The van der Waals surface area contributed by atoms with Crippen LogP contribution >= 0.6 is 0 Å². The Bertz CT molecular complexity index is 893. The standard InChI is InChI=1S/C23H24FNO/c1-15-10-21(25-3)11-16(2)22(15)14-18-6-9-23(26)19(13-18)12-17-4-7-20(24)8-5-17/h4-11,13,25-26H,12,14H2,1-3H3. The zero-order valence-electron chi connectivity index (χ0n) is 15.4. The van der Waals surface area contributed by atoms with Crippen LogP contribution in [-0.2, 0) is 12.8 Å². The van der Waals surface area contributed by atoms with Gasteiger partial charge in [0.05, 0.1) is 0 Å². The first kappa shape index (κ1) is 18.0. The number of nitrogens with one attached hydrogen (secondary N) is 1. The van der Waals surface area contributed by atoms with Crippen molar-refractivity contribution in [2.24, 2.45) is 0 Å². The third-order valence-corrected chi connectivity index (χ3v) is 4.82. The fourth-order valence-corrected chi connectivity index (χ4v) is 3.33. The maximum atomic E-state index is 13.1. The summed E-state index contributed by atoms with van der Waals surface area (Å²) in [5, 5.41) is 13.4. The summed E-state index contributed by atoms with van der Waals surface area (Å²) in [6.45, 7) is 4.26. The summed E-state index contributed by atoms with van der Waals surface area (Å²) in [6, 6.07) is 16.5. The van der Waals surface area contributed by atoms with Gasteiger partial charge in [0.1, 0.15) is 11.6 Å². The number of rotatable bonds is 5. The van der Waals surface area contributed by atoms with E-state index in [4.69, 9.17) is 0 Å². The lowest BCUT2D eigenvalue weighted by molar-refractivity contribution is 0.469. The van der Waals surface area contributed by atoms with Gasteiger partial charge in [-0.2, -0.15) is 0 Å². The van der Waals surface area contributed by atoms with Crippen LogP contribution < -0.4 is 5.32 Å². The van der Waals surface area contributed by atoms with E-state index < -0.39 is 0 Å². The van der Waals surface area contributed by atoms with Gasteiger partial charge in [0, 0.05) is 19.2 Å². The SMILES string of the molecule is CNc1cc(C)c(Cc2ccc(O)c(Cc3ccc(F)cc3)c2)c(C)c1. The Kier molecular flexibility index (Phi) is 5.27. The van der Waals surface area contributed by atoms with Gasteiger partial charge in [-0.25, -0.2) is 4.39 Å². The van der Waals surface area contributed by atoms with Crippen LogP contribution in [0.5, 0.6) is 5.75 Å². The molecular formula is C23H24FNO. The average Bonchev–Trinajstić information content (AvgIpc) is 2.62. The highest BCUT2D eigenvalue weighted by molar-refractivity contribution is 5.53. The van der Waals surface area contributed by atoms with Gasteiger partial charge in [0.15, 0.2) is 0 Å². The van der Waals surface area contributed by atoms with E-state index in [9.17, 15) is 9.50 Å². The van der Waals surface area contributed by atoms with E-state index in [-0.39, 0.29) is 11.6 Å². The summed E-state index contributed by atoms with van der Waals surface area (Å²) in [7, 11) is 1.93. The Balaban J connectivity index is 1.87. The quantitative estimate of drug-likeness (QED) is 0.649. The molecule has 3 aromatic carbocycles. The van der Waals surface area contributed by atoms with Crippen molar-refractivity contribution < 1.29 is 9.50 Å². The predicted octanol–water partition coefficient (Wildman–Crippen LogP) is 5.37. The molecule has 0 bridgehead atoms. The lowest BCUT2D eigenvalue weighted by Gasteiger charge is -2.14. The largest absolute Gasteiger partial charge is 0.508 e. The van der Waals surface area contributed by atoms with Crippen molar-refractivity contribution in [1.82, 2.24) is 0 Å². The second-order valence-corrected chi connectivity index (χ2v) is 6.78. The number of anilines is 1. The van der Waals surface area contributed by atoms with Crippen LogP contribution in [0, 0.1) is 19.7 Å². The fourth-order valence-electron chi connectivity index (χ4n) is 3.33. The van der Waals surface area contributed by atoms with Crippen molar-refractivity contribution in [3.05, 3.63) is 93.8 Å². The van der Waals surface area contributed by atoms with Gasteiger partial charge in [-0.05, 0) is 84.0 Å². The van der Waals surface area contributed by atoms with Gasteiger partial charge < -0.3 is 10.4 Å². The minimum atomic E-state index is -0.248. The number of halogens is 1. The number of hydrogen-bond donors (Lipinski definition) is 2. The van der Waals surface area contributed by atoms with E-state index in [1.165, 1.54) is 28.8 Å². The number of aromatic hydroxyl groups is 1. The van der Waals surface area contributed by atoms with Gasteiger partial charge in [-0.3, -0.25) is 0 Å². The molecular weight excluding hydrogens is 325 g/mol. The molecule has 0 aliphatic carbocycles. The highest BCUT2D eigenvalue weighted by Gasteiger charge is 2.09. The topological polar surface area (TPSA) is 32.3 Å². The molecule has 0 fully saturated rings. The predicted molar refractivity (Wildman–Crippen MR) is 106 cm³/mol. The molecule has 0 aliphatic heterocycles. The fraction of sp³-hybridized carbons (Fsp3) is 0.217. The summed E-state index contributed by atoms with van der Waals surface area (Å²) in [6.07, 6.45) is 1.40. The van der Waals surface area contributed by atoms with Gasteiger partial charge >= 0.3 is 0 Å². The summed E-state index contributed by atoms with van der Waals surface area (Å²) >= 11 is 0. The number of hydrogen-bond acceptors (Lipinski definition) is 2. The molecule has 0 aromatic heterocycles. The summed E-state index contributed by atoms with van der Waals surface area (Å²) in [5.74, 6) is 0.0275. The van der Waals surface area contributed by atoms with E-state index in [1.807, 2.05) is 19.2 Å². The van der Waals surface area contributed by atoms with E-state index in [0.29, 0.717) is 6.42 Å². The van der Waals surface area contributed by atoms with E-state index in [2.05, 4.69) is 31.3 Å². The smallest absolute Gasteiger partial charge is 0.123 e. The van der Waals surface area contributed by atoms with Crippen LogP contribution in [0.3, 0.4) is 0 Å². The Morgan fingerprint density at radius 3 is 2.08 bits per heavy atom. The van der Waals surface area contributed by atoms with E-state index in [1.54, 1.807) is 18.2 Å². The monoisotopic (exact) mass is 349 g/mol. The third kappa shape index (κ3) is 4.05. The number of aryl methyl sites for hydroxylation is 2. The Morgan fingerprint density at radius 1 is 0.846 bits per heavy atom. The molecule has 0 heterocycles. The van der Waals surface area contributed by atoms with Crippen LogP contribution in [0.4, 0.5) is 10.1 Å². The molecule has 0 aliphatic rings. The van der Waals surface area contributed by atoms with Crippen LogP contribution in [0.2, 0.25) is 0 Å². The molecule has 0 saturated heterocycles. The van der Waals surface area contributed by atoms with Gasteiger partial charge in [0.2, 0.25) is 0 Å². The molecule has 0 unspecified atom stereocenters. The molecule has 0 amide bonds. The third-order valence-electron chi connectivity index (χ3n) is 4.82. The molecule has 26 heavy (non-hydrogen) atoms. The molecule has 0 atom stereocenters. The highest BCUT2D eigenvalue weighted by Crippen LogP contribution is 2.26. The lowest BCUT2D eigenvalue weighted by atomic mass is 9.93. The first-order valence-electron chi connectivity index (χ1n) is 8.79. The number of benzene rings is 3. The van der Waals surface area contributed by atoms with Crippen LogP contribution in [-0.4, -0.2) is 12.2 Å². The van der Waals surface area contributed by atoms with Crippen molar-refractivity contribution >= 4 is 5.69 Å². The minimum Gasteiger partial charge on any atom is -0.508 e. The second-order valence-electron chi connectivity index (χ2n) is 6.78. The molecule has 0 spiro atoms. The Morgan fingerprint density at radius 2 is 1.46 bits per heavy atom. The zero-order valence-corrected chi connectivity index (χ0v) is 15.4. The zero-order chi connectivity index (χ0) is 18.7. The lowest BCUT2D eigenvalue weighted by Crippen LogP contribution is -1.99. The summed E-state index contributed by atoms with van der Waals surface area (Å²) < 4.78 is 13.1. The number of phenolic OH excluding ortho intramolecular Hbond substituents is 1. The van der Waals surface area contributed by atoms with Crippen LogP contribution in [0.1, 0.15) is 33.4 Å². The molecule has 2 N–H and O–H groups in total. The number of phenols is 1. The van der Waals surface area contributed by atoms with Gasteiger partial charge in [0.25, 0.3) is 0 Å². The Labute approximate surface area is 154 Å². The molecule has 0 radical (unpaired) electrons. The van der Waals surface area contributed by atoms with Crippen molar-refractivity contribution in [2.75, 3.05) is 12.4 Å². The summed E-state index contributed by atoms with van der Waals surface area (Å²) in [4.78, 5) is 0. The summed E-state index contributed by atoms with van der Waals surface area (Å²) in [5.41, 5.74) is 7.92. The van der Waals surface area contributed by atoms with Gasteiger partial charge in [-0.1, -0.05) is 24.3 Å². The minimum absolute atomic E-state index is 0.248. The molecule has 3 aromatic rings. The maximum Gasteiger partial charge on any atom is 0.123 e. The molecule has 134 valence electrons.